The maximum atomic E-state index is 12.4. The van der Waals surface area contributed by atoms with Crippen molar-refractivity contribution in [3.63, 3.8) is 0 Å². The summed E-state index contributed by atoms with van der Waals surface area (Å²) in [7, 11) is -3.76. The first-order chi connectivity index (χ1) is 10.6. The number of morpholine rings is 1. The lowest BCUT2D eigenvalue weighted by Gasteiger charge is -2.24. The molecular formula is C11H13N5O5S. The summed E-state index contributed by atoms with van der Waals surface area (Å²) < 4.78 is 37.5. The molecule has 1 saturated heterocycles. The predicted octanol–water partition coefficient (Wildman–Crippen LogP) is -0.724. The fourth-order valence-electron chi connectivity index (χ4n) is 1.93. The highest BCUT2D eigenvalue weighted by Crippen LogP contribution is 2.19. The second kappa shape index (κ2) is 5.87. The lowest BCUT2D eigenvalue weighted by Crippen LogP contribution is -2.40. The normalized spacial score (nSPS) is 16.5. The van der Waals surface area contributed by atoms with Crippen molar-refractivity contribution in [2.75, 3.05) is 31.7 Å². The van der Waals surface area contributed by atoms with Gasteiger partial charge in [-0.1, -0.05) is 0 Å². The van der Waals surface area contributed by atoms with Gasteiger partial charge >= 0.3 is 5.91 Å². The number of rotatable bonds is 4. The molecule has 11 heteroatoms. The Kier molecular flexibility index (Phi) is 3.92. The van der Waals surface area contributed by atoms with Crippen LogP contribution in [0.5, 0.6) is 0 Å². The first-order valence-corrected chi connectivity index (χ1v) is 7.85. The van der Waals surface area contributed by atoms with Gasteiger partial charge in [-0.05, 0) is 12.1 Å². The molecule has 2 aromatic heterocycles. The Balaban J connectivity index is 1.76. The third-order valence-electron chi connectivity index (χ3n) is 3.02. The van der Waals surface area contributed by atoms with Crippen LogP contribution in [0.15, 0.2) is 34.3 Å². The van der Waals surface area contributed by atoms with Gasteiger partial charge in [0.05, 0.1) is 13.2 Å². The van der Waals surface area contributed by atoms with E-state index >= 15 is 0 Å². The summed E-state index contributed by atoms with van der Waals surface area (Å²) in [4.78, 5) is 11.9. The smallest absolute Gasteiger partial charge is 0.305 e. The number of nitrogens with zero attached hydrogens (tertiary/aromatic N) is 4. The van der Waals surface area contributed by atoms with Crippen LogP contribution in [-0.4, -0.2) is 59.8 Å². The second-order valence-electron chi connectivity index (χ2n) is 4.45. The van der Waals surface area contributed by atoms with Crippen molar-refractivity contribution in [3.05, 3.63) is 30.5 Å². The molecule has 3 heterocycles. The first kappa shape index (κ1) is 14.7. The highest BCUT2D eigenvalue weighted by atomic mass is 32.2. The van der Waals surface area contributed by atoms with Crippen LogP contribution in [0.2, 0.25) is 0 Å². The monoisotopic (exact) mass is 327 g/mol. The number of amides is 1. The molecule has 0 aliphatic carbocycles. The van der Waals surface area contributed by atoms with E-state index in [2.05, 4.69) is 15.6 Å². The van der Waals surface area contributed by atoms with Gasteiger partial charge in [0.15, 0.2) is 5.76 Å². The lowest BCUT2D eigenvalue weighted by molar-refractivity contribution is 0.0723. The SMILES string of the molecule is O=C(Nn1cnnc1)c1ccc(S(=O)(=O)N2CCOCC2)o1. The molecule has 1 amide bonds. The maximum absolute atomic E-state index is 12.4. The minimum absolute atomic E-state index is 0.125. The van der Waals surface area contributed by atoms with Crippen molar-refractivity contribution >= 4 is 15.9 Å². The topological polar surface area (TPSA) is 120 Å². The van der Waals surface area contributed by atoms with Crippen LogP contribution in [0.1, 0.15) is 10.6 Å². The number of carbonyl (C=O) groups is 1. The molecule has 2 aromatic rings. The minimum atomic E-state index is -3.76. The molecule has 1 fully saturated rings. The molecule has 0 unspecified atom stereocenters. The number of hydrogen-bond acceptors (Lipinski definition) is 7. The van der Waals surface area contributed by atoms with Gasteiger partial charge in [0, 0.05) is 13.1 Å². The van der Waals surface area contributed by atoms with Gasteiger partial charge in [-0.2, -0.15) is 4.31 Å². The number of carbonyl (C=O) groups excluding carboxylic acids is 1. The fourth-order valence-corrected chi connectivity index (χ4v) is 3.25. The maximum Gasteiger partial charge on any atom is 0.305 e. The zero-order chi connectivity index (χ0) is 15.6. The summed E-state index contributed by atoms with van der Waals surface area (Å²) >= 11 is 0. The molecule has 1 N–H and O–H groups in total. The van der Waals surface area contributed by atoms with Gasteiger partial charge in [0.1, 0.15) is 12.7 Å². The van der Waals surface area contributed by atoms with Crippen LogP contribution >= 0.6 is 0 Å². The molecular weight excluding hydrogens is 314 g/mol. The highest BCUT2D eigenvalue weighted by molar-refractivity contribution is 7.89. The Morgan fingerprint density at radius 1 is 1.18 bits per heavy atom. The third-order valence-corrected chi connectivity index (χ3v) is 4.79. The fraction of sp³-hybridized carbons (Fsp3) is 0.364. The Morgan fingerprint density at radius 2 is 1.86 bits per heavy atom. The van der Waals surface area contributed by atoms with E-state index in [-0.39, 0.29) is 23.9 Å². The van der Waals surface area contributed by atoms with Crippen molar-refractivity contribution < 1.29 is 22.4 Å². The van der Waals surface area contributed by atoms with E-state index < -0.39 is 15.9 Å². The van der Waals surface area contributed by atoms with E-state index in [1.807, 2.05) is 0 Å². The summed E-state index contributed by atoms with van der Waals surface area (Å²) in [5.41, 5.74) is 2.41. The van der Waals surface area contributed by atoms with E-state index in [0.29, 0.717) is 13.2 Å². The largest absolute Gasteiger partial charge is 0.438 e. The van der Waals surface area contributed by atoms with Crippen LogP contribution in [0.4, 0.5) is 0 Å². The van der Waals surface area contributed by atoms with Gasteiger partial charge in [-0.3, -0.25) is 10.2 Å². The summed E-state index contributed by atoms with van der Waals surface area (Å²) in [5, 5.41) is 6.78. The molecule has 22 heavy (non-hydrogen) atoms. The van der Waals surface area contributed by atoms with Crippen LogP contribution in [0.25, 0.3) is 0 Å². The highest BCUT2D eigenvalue weighted by Gasteiger charge is 2.30. The number of hydrogen-bond donors (Lipinski definition) is 1. The van der Waals surface area contributed by atoms with Crippen LogP contribution in [0, 0.1) is 0 Å². The Morgan fingerprint density at radius 3 is 2.55 bits per heavy atom. The Bertz CT molecular complexity index is 748. The number of aromatic nitrogens is 3. The summed E-state index contributed by atoms with van der Waals surface area (Å²) in [6.45, 7) is 1.18. The van der Waals surface area contributed by atoms with Crippen molar-refractivity contribution in [2.45, 2.75) is 5.09 Å². The zero-order valence-corrected chi connectivity index (χ0v) is 12.2. The first-order valence-electron chi connectivity index (χ1n) is 6.41. The zero-order valence-electron chi connectivity index (χ0n) is 11.4. The summed E-state index contributed by atoms with van der Waals surface area (Å²) in [6, 6.07) is 2.55. The standard InChI is InChI=1S/C11H13N5O5S/c17-11(14-15-7-12-13-8-15)9-1-2-10(21-9)22(18,19)16-3-5-20-6-4-16/h1-2,7-8H,3-6H2,(H,14,17). The quantitative estimate of drug-likeness (QED) is 0.786. The number of ether oxygens (including phenoxy) is 1. The van der Waals surface area contributed by atoms with Crippen molar-refractivity contribution in [1.82, 2.24) is 19.2 Å². The molecule has 0 saturated carbocycles. The molecule has 3 rings (SSSR count). The van der Waals surface area contributed by atoms with Crippen LogP contribution < -0.4 is 5.43 Å². The van der Waals surface area contributed by atoms with Crippen molar-refractivity contribution in [1.29, 1.82) is 0 Å². The van der Waals surface area contributed by atoms with E-state index in [0.717, 1.165) is 0 Å². The molecule has 0 spiro atoms. The molecule has 0 aromatic carbocycles. The van der Waals surface area contributed by atoms with Gasteiger partial charge in [-0.15, -0.1) is 10.2 Å². The van der Waals surface area contributed by atoms with E-state index in [1.54, 1.807) is 0 Å². The van der Waals surface area contributed by atoms with E-state index in [4.69, 9.17) is 9.15 Å². The predicted molar refractivity (Wildman–Crippen MR) is 72.0 cm³/mol. The molecule has 118 valence electrons. The van der Waals surface area contributed by atoms with Gasteiger partial charge in [0.25, 0.3) is 10.0 Å². The molecule has 1 aliphatic heterocycles. The number of nitrogens with one attached hydrogen (secondary N) is 1. The Hall–Kier alpha value is -2.24. The number of sulfonamides is 1. The lowest BCUT2D eigenvalue weighted by atomic mass is 10.4. The molecule has 0 bridgehead atoms. The van der Waals surface area contributed by atoms with Crippen LogP contribution in [0.3, 0.4) is 0 Å². The molecule has 1 aliphatic rings. The van der Waals surface area contributed by atoms with Crippen molar-refractivity contribution in [2.24, 2.45) is 0 Å². The Labute approximate surface area is 125 Å². The van der Waals surface area contributed by atoms with E-state index in [9.17, 15) is 13.2 Å². The average Bonchev–Trinajstić information content (AvgIpc) is 3.19. The minimum Gasteiger partial charge on any atom is -0.438 e. The van der Waals surface area contributed by atoms with Gasteiger partial charge in [0.2, 0.25) is 5.09 Å². The number of furan rings is 1. The van der Waals surface area contributed by atoms with Crippen molar-refractivity contribution in [3.8, 4) is 0 Å². The molecule has 0 radical (unpaired) electrons. The summed E-state index contributed by atoms with van der Waals surface area (Å²) in [6.07, 6.45) is 2.57. The molecule has 10 nitrogen and oxygen atoms in total. The average molecular weight is 327 g/mol. The van der Waals surface area contributed by atoms with E-state index in [1.165, 1.54) is 33.8 Å². The second-order valence-corrected chi connectivity index (χ2v) is 6.31. The van der Waals surface area contributed by atoms with Crippen LogP contribution in [-0.2, 0) is 14.8 Å². The molecule has 0 atom stereocenters. The summed E-state index contributed by atoms with van der Waals surface area (Å²) in [5.74, 6) is -0.733. The third kappa shape index (κ3) is 2.86. The van der Waals surface area contributed by atoms with Gasteiger partial charge in [-0.25, -0.2) is 13.1 Å². The van der Waals surface area contributed by atoms with Gasteiger partial charge < -0.3 is 9.15 Å².